The van der Waals surface area contributed by atoms with Crippen LogP contribution in [0.2, 0.25) is 0 Å². The number of carboxylic acids is 1. The van der Waals surface area contributed by atoms with E-state index in [1.165, 1.54) is 23.9 Å². The van der Waals surface area contributed by atoms with Gasteiger partial charge in [0.25, 0.3) is 0 Å². The zero-order valence-electron chi connectivity index (χ0n) is 13.2. The van der Waals surface area contributed by atoms with E-state index in [9.17, 15) is 14.3 Å². The zero-order valence-corrected chi connectivity index (χ0v) is 13.2. The molecular weight excluding hydrogens is 311 g/mol. The second-order valence-corrected chi connectivity index (χ2v) is 5.21. The summed E-state index contributed by atoms with van der Waals surface area (Å²) in [5.41, 5.74) is 1.25. The molecule has 6 heteroatoms. The van der Waals surface area contributed by atoms with Gasteiger partial charge in [0.2, 0.25) is 0 Å². The quantitative estimate of drug-likeness (QED) is 0.794. The highest BCUT2D eigenvalue weighted by Gasteiger charge is 2.25. The molecule has 3 aromatic rings. The molecule has 0 spiro atoms. The van der Waals surface area contributed by atoms with E-state index in [1.54, 1.807) is 43.3 Å². The van der Waals surface area contributed by atoms with E-state index >= 15 is 0 Å². The molecule has 1 N–H and O–H groups in total. The van der Waals surface area contributed by atoms with E-state index in [2.05, 4.69) is 5.10 Å². The van der Waals surface area contributed by atoms with Crippen LogP contribution in [0.1, 0.15) is 16.1 Å². The normalized spacial score (nSPS) is 10.6. The molecule has 0 aliphatic carbocycles. The largest absolute Gasteiger partial charge is 0.497 e. The fourth-order valence-electron chi connectivity index (χ4n) is 2.61. The lowest BCUT2D eigenvalue weighted by Gasteiger charge is -2.10. The van der Waals surface area contributed by atoms with E-state index in [0.29, 0.717) is 17.1 Å². The van der Waals surface area contributed by atoms with Gasteiger partial charge in [-0.3, -0.25) is 0 Å². The number of aryl methyl sites for hydroxylation is 1. The summed E-state index contributed by atoms with van der Waals surface area (Å²) in [6, 6.07) is 13.0. The number of nitrogens with zero attached hydrogens (tertiary/aromatic N) is 2. The van der Waals surface area contributed by atoms with Gasteiger partial charge >= 0.3 is 5.97 Å². The Morgan fingerprint density at radius 1 is 1.21 bits per heavy atom. The predicted molar refractivity (Wildman–Crippen MR) is 87.2 cm³/mol. The molecule has 1 heterocycles. The van der Waals surface area contributed by atoms with E-state index in [0.717, 1.165) is 0 Å². The van der Waals surface area contributed by atoms with Gasteiger partial charge < -0.3 is 9.84 Å². The molecular formula is C18H15FN2O3. The maximum Gasteiger partial charge on any atom is 0.339 e. The molecule has 2 aromatic carbocycles. The number of rotatable bonds is 4. The van der Waals surface area contributed by atoms with Crippen LogP contribution in [0.25, 0.3) is 16.9 Å². The van der Waals surface area contributed by atoms with Gasteiger partial charge in [0, 0.05) is 11.6 Å². The molecule has 0 unspecified atom stereocenters. The van der Waals surface area contributed by atoms with Gasteiger partial charge in [0.05, 0.1) is 24.2 Å². The average Bonchev–Trinajstić information content (AvgIpc) is 2.92. The Labute approximate surface area is 137 Å². The summed E-state index contributed by atoms with van der Waals surface area (Å²) in [6.07, 6.45) is 0. The second-order valence-electron chi connectivity index (χ2n) is 5.21. The third-order valence-electron chi connectivity index (χ3n) is 3.70. The molecule has 0 amide bonds. The van der Waals surface area contributed by atoms with Crippen molar-refractivity contribution in [3.63, 3.8) is 0 Å². The van der Waals surface area contributed by atoms with E-state index < -0.39 is 11.8 Å². The smallest absolute Gasteiger partial charge is 0.339 e. The maximum atomic E-state index is 14.3. The highest BCUT2D eigenvalue weighted by molar-refractivity contribution is 5.96. The summed E-state index contributed by atoms with van der Waals surface area (Å²) in [5, 5.41) is 13.9. The van der Waals surface area contributed by atoms with Gasteiger partial charge in [0.15, 0.2) is 0 Å². The van der Waals surface area contributed by atoms with Crippen molar-refractivity contribution >= 4 is 5.97 Å². The van der Waals surface area contributed by atoms with Crippen LogP contribution in [0.3, 0.4) is 0 Å². The van der Waals surface area contributed by atoms with Crippen LogP contribution in [-0.2, 0) is 0 Å². The monoisotopic (exact) mass is 326 g/mol. The summed E-state index contributed by atoms with van der Waals surface area (Å²) in [5.74, 6) is -1.07. The minimum atomic E-state index is -1.15. The highest BCUT2D eigenvalue weighted by atomic mass is 19.1. The maximum absolute atomic E-state index is 14.3. The molecule has 122 valence electrons. The van der Waals surface area contributed by atoms with E-state index in [4.69, 9.17) is 4.74 Å². The standard InChI is InChI=1S/C18H15FN2O3/c1-11-16(18(22)23)17(14-8-3-4-9-15(14)19)21(20-11)12-6-5-7-13(10-12)24-2/h3-10H,1-2H3,(H,22,23). The van der Waals surface area contributed by atoms with Gasteiger partial charge in [-0.25, -0.2) is 13.9 Å². The molecule has 0 radical (unpaired) electrons. The lowest BCUT2D eigenvalue weighted by molar-refractivity contribution is 0.0697. The summed E-state index contributed by atoms with van der Waals surface area (Å²) in [4.78, 5) is 11.7. The third-order valence-corrected chi connectivity index (χ3v) is 3.70. The van der Waals surface area contributed by atoms with Crippen LogP contribution in [0.15, 0.2) is 48.5 Å². The fraction of sp³-hybridized carbons (Fsp3) is 0.111. The van der Waals surface area contributed by atoms with Crippen molar-refractivity contribution in [2.75, 3.05) is 7.11 Å². The molecule has 0 saturated carbocycles. The third kappa shape index (κ3) is 2.62. The Bertz CT molecular complexity index is 918. The number of benzene rings is 2. The minimum Gasteiger partial charge on any atom is -0.497 e. The van der Waals surface area contributed by atoms with Gasteiger partial charge in [-0.15, -0.1) is 0 Å². The summed E-state index contributed by atoms with van der Waals surface area (Å²) >= 11 is 0. The molecule has 0 atom stereocenters. The van der Waals surface area contributed by atoms with Crippen molar-refractivity contribution in [2.24, 2.45) is 0 Å². The molecule has 5 nitrogen and oxygen atoms in total. The first kappa shape index (κ1) is 15.7. The average molecular weight is 326 g/mol. The number of halogens is 1. The first-order valence-corrected chi connectivity index (χ1v) is 7.25. The Hall–Kier alpha value is -3.15. The van der Waals surface area contributed by atoms with Crippen molar-refractivity contribution in [1.29, 1.82) is 0 Å². The van der Waals surface area contributed by atoms with Crippen LogP contribution >= 0.6 is 0 Å². The van der Waals surface area contributed by atoms with Crippen molar-refractivity contribution in [3.05, 3.63) is 65.6 Å². The Balaban J connectivity index is 2.33. The molecule has 0 fully saturated rings. The predicted octanol–water partition coefficient (Wildman–Crippen LogP) is 3.69. The number of aromatic carboxylic acids is 1. The SMILES string of the molecule is COc1cccc(-n2nc(C)c(C(=O)O)c2-c2ccccc2F)c1. The second kappa shape index (κ2) is 6.16. The lowest BCUT2D eigenvalue weighted by atomic mass is 10.1. The van der Waals surface area contributed by atoms with E-state index in [1.807, 2.05) is 0 Å². The van der Waals surface area contributed by atoms with Crippen molar-refractivity contribution in [2.45, 2.75) is 6.92 Å². The van der Waals surface area contributed by atoms with Crippen LogP contribution < -0.4 is 4.74 Å². The summed E-state index contributed by atoms with van der Waals surface area (Å²) in [7, 11) is 1.54. The number of methoxy groups -OCH3 is 1. The first-order valence-electron chi connectivity index (χ1n) is 7.25. The number of aromatic nitrogens is 2. The molecule has 0 saturated heterocycles. The summed E-state index contributed by atoms with van der Waals surface area (Å²) in [6.45, 7) is 1.59. The first-order chi connectivity index (χ1) is 11.5. The van der Waals surface area contributed by atoms with Gasteiger partial charge in [-0.1, -0.05) is 18.2 Å². The van der Waals surface area contributed by atoms with Crippen LogP contribution in [0.5, 0.6) is 5.75 Å². The van der Waals surface area contributed by atoms with Crippen LogP contribution in [0, 0.1) is 12.7 Å². The van der Waals surface area contributed by atoms with Gasteiger partial charge in [0.1, 0.15) is 17.1 Å². The van der Waals surface area contributed by atoms with Crippen molar-refractivity contribution in [1.82, 2.24) is 9.78 Å². The topological polar surface area (TPSA) is 64.4 Å². The number of carboxylic acid groups (broad SMARTS) is 1. The van der Waals surface area contributed by atoms with Crippen LogP contribution in [0.4, 0.5) is 4.39 Å². The number of hydrogen-bond donors (Lipinski definition) is 1. The van der Waals surface area contributed by atoms with Crippen molar-refractivity contribution < 1.29 is 19.0 Å². The molecule has 3 rings (SSSR count). The molecule has 24 heavy (non-hydrogen) atoms. The fourth-order valence-corrected chi connectivity index (χ4v) is 2.61. The lowest BCUT2D eigenvalue weighted by Crippen LogP contribution is -2.04. The summed E-state index contributed by atoms with van der Waals surface area (Å²) < 4.78 is 20.9. The minimum absolute atomic E-state index is 0.0251. The van der Waals surface area contributed by atoms with Crippen LogP contribution in [-0.4, -0.2) is 28.0 Å². The molecule has 0 bridgehead atoms. The van der Waals surface area contributed by atoms with Crippen molar-refractivity contribution in [3.8, 4) is 22.7 Å². The van der Waals surface area contributed by atoms with E-state index in [-0.39, 0.29) is 16.8 Å². The number of carbonyl (C=O) groups is 1. The Morgan fingerprint density at radius 3 is 2.62 bits per heavy atom. The number of ether oxygens (including phenoxy) is 1. The Morgan fingerprint density at radius 2 is 1.96 bits per heavy atom. The van der Waals surface area contributed by atoms with Gasteiger partial charge in [-0.2, -0.15) is 5.10 Å². The molecule has 0 aliphatic heterocycles. The molecule has 0 aliphatic rings. The van der Waals surface area contributed by atoms with Gasteiger partial charge in [-0.05, 0) is 31.2 Å². The zero-order chi connectivity index (χ0) is 17.3. The number of hydrogen-bond acceptors (Lipinski definition) is 3. The molecule has 1 aromatic heterocycles. The highest BCUT2D eigenvalue weighted by Crippen LogP contribution is 2.31. The Kier molecular flexibility index (Phi) is 4.04.